The minimum atomic E-state index is 0.137. The molecule has 2 heteroatoms. The smallest absolute Gasteiger partial charge is 0.110 e. The first kappa shape index (κ1) is 7.42. The van der Waals surface area contributed by atoms with Crippen LogP contribution >= 0.6 is 11.8 Å². The molecule has 0 aromatic carbocycles. The lowest BCUT2D eigenvalue weighted by atomic mass is 10.1. The molecule has 0 bridgehead atoms. The van der Waals surface area contributed by atoms with Crippen LogP contribution in [0.15, 0.2) is 0 Å². The van der Waals surface area contributed by atoms with E-state index in [0.717, 1.165) is 6.61 Å². The molecule has 1 aliphatic heterocycles. The molecule has 0 spiro atoms. The predicted octanol–water partition coefficient (Wildman–Crippen LogP) is 2.27. The fraction of sp³-hybridized carbons (Fsp3) is 1.00. The van der Waals surface area contributed by atoms with Crippen molar-refractivity contribution in [2.24, 2.45) is 0 Å². The van der Waals surface area contributed by atoms with E-state index in [9.17, 15) is 0 Å². The number of hydrogen-bond acceptors (Lipinski definition) is 2. The van der Waals surface area contributed by atoms with Crippen molar-refractivity contribution in [3.8, 4) is 0 Å². The lowest BCUT2D eigenvalue weighted by Crippen LogP contribution is -2.28. The normalized spacial score (nSPS) is 36.7. The summed E-state index contributed by atoms with van der Waals surface area (Å²) in [7, 11) is 0. The molecule has 0 amide bonds. The van der Waals surface area contributed by atoms with E-state index in [1.807, 2.05) is 11.8 Å². The Morgan fingerprint density at radius 1 is 1.44 bits per heavy atom. The molecule has 0 aliphatic carbocycles. The van der Waals surface area contributed by atoms with Crippen LogP contribution in [0.2, 0.25) is 0 Å². The van der Waals surface area contributed by atoms with E-state index in [0.29, 0.717) is 0 Å². The fourth-order valence-electron chi connectivity index (χ4n) is 1.07. The average Bonchev–Trinajstić information content (AvgIpc) is 1.90. The first-order valence-corrected chi connectivity index (χ1v) is 4.68. The molecule has 1 rings (SSSR count). The van der Waals surface area contributed by atoms with Crippen molar-refractivity contribution in [3.63, 3.8) is 0 Å². The Bertz CT molecular complexity index is 86.9. The molecular formula is C7H14OS. The van der Waals surface area contributed by atoms with Crippen molar-refractivity contribution >= 4 is 11.8 Å². The van der Waals surface area contributed by atoms with Gasteiger partial charge >= 0.3 is 0 Å². The number of hydrogen-bond donors (Lipinski definition) is 0. The molecule has 1 saturated heterocycles. The quantitative estimate of drug-likeness (QED) is 0.561. The van der Waals surface area contributed by atoms with Gasteiger partial charge in [0.15, 0.2) is 0 Å². The second-order valence-electron chi connectivity index (χ2n) is 2.64. The number of thioether (sulfide) groups is 1. The molecule has 1 atom stereocenters. The predicted molar refractivity (Wildman–Crippen MR) is 41.7 cm³/mol. The van der Waals surface area contributed by atoms with E-state index in [1.165, 1.54) is 19.3 Å². The molecule has 0 aromatic rings. The Labute approximate surface area is 61.2 Å². The van der Waals surface area contributed by atoms with Gasteiger partial charge in [-0.15, -0.1) is 11.8 Å². The first-order valence-electron chi connectivity index (χ1n) is 3.46. The lowest BCUT2D eigenvalue weighted by Gasteiger charge is -2.31. The maximum absolute atomic E-state index is 5.58. The fourth-order valence-corrected chi connectivity index (χ4v) is 1.62. The van der Waals surface area contributed by atoms with Gasteiger partial charge in [-0.1, -0.05) is 0 Å². The van der Waals surface area contributed by atoms with E-state index in [1.54, 1.807) is 0 Å². The Hall–Kier alpha value is 0.310. The zero-order valence-electron chi connectivity index (χ0n) is 6.14. The van der Waals surface area contributed by atoms with Crippen LogP contribution < -0.4 is 0 Å². The highest BCUT2D eigenvalue weighted by Crippen LogP contribution is 2.32. The van der Waals surface area contributed by atoms with Crippen LogP contribution in [0.4, 0.5) is 0 Å². The minimum Gasteiger partial charge on any atom is -0.365 e. The van der Waals surface area contributed by atoms with Gasteiger partial charge in [0.1, 0.15) is 4.93 Å². The Morgan fingerprint density at radius 3 is 2.56 bits per heavy atom. The topological polar surface area (TPSA) is 9.23 Å². The maximum atomic E-state index is 5.58. The van der Waals surface area contributed by atoms with Crippen LogP contribution in [-0.4, -0.2) is 17.8 Å². The molecule has 1 fully saturated rings. The average molecular weight is 146 g/mol. The minimum absolute atomic E-state index is 0.137. The standard InChI is InChI=1S/C7H14OS/c1-7(9-2)5-3-4-6-8-7/h3-6H2,1-2H3. The second kappa shape index (κ2) is 2.93. The van der Waals surface area contributed by atoms with Gasteiger partial charge in [0.25, 0.3) is 0 Å². The van der Waals surface area contributed by atoms with E-state index in [4.69, 9.17) is 4.74 Å². The van der Waals surface area contributed by atoms with Crippen molar-refractivity contribution in [2.45, 2.75) is 31.1 Å². The summed E-state index contributed by atoms with van der Waals surface area (Å²) in [6.45, 7) is 3.13. The number of rotatable bonds is 1. The van der Waals surface area contributed by atoms with E-state index in [-0.39, 0.29) is 4.93 Å². The molecule has 0 aromatic heterocycles. The SMILES string of the molecule is CSC1(C)CCCCO1. The van der Waals surface area contributed by atoms with Gasteiger partial charge in [0.05, 0.1) is 0 Å². The van der Waals surface area contributed by atoms with Gasteiger partial charge < -0.3 is 4.74 Å². The molecule has 54 valence electrons. The first-order chi connectivity index (χ1) is 4.27. The molecule has 0 radical (unpaired) electrons. The summed E-state index contributed by atoms with van der Waals surface area (Å²) in [4.78, 5) is 0.137. The lowest BCUT2D eigenvalue weighted by molar-refractivity contribution is 0.00259. The van der Waals surface area contributed by atoms with Gasteiger partial charge in [-0.25, -0.2) is 0 Å². The summed E-state index contributed by atoms with van der Waals surface area (Å²) in [6.07, 6.45) is 5.91. The van der Waals surface area contributed by atoms with Crippen molar-refractivity contribution < 1.29 is 4.74 Å². The van der Waals surface area contributed by atoms with Crippen LogP contribution in [0.1, 0.15) is 26.2 Å². The molecule has 0 N–H and O–H groups in total. The molecule has 1 heterocycles. The van der Waals surface area contributed by atoms with Gasteiger partial charge in [0, 0.05) is 6.61 Å². The monoisotopic (exact) mass is 146 g/mol. The van der Waals surface area contributed by atoms with E-state index >= 15 is 0 Å². The van der Waals surface area contributed by atoms with Gasteiger partial charge in [0.2, 0.25) is 0 Å². The van der Waals surface area contributed by atoms with Gasteiger partial charge in [-0.2, -0.15) is 0 Å². The largest absolute Gasteiger partial charge is 0.365 e. The Kier molecular flexibility index (Phi) is 2.42. The maximum Gasteiger partial charge on any atom is 0.110 e. The van der Waals surface area contributed by atoms with E-state index < -0.39 is 0 Å². The molecule has 9 heavy (non-hydrogen) atoms. The summed E-state index contributed by atoms with van der Waals surface area (Å²) < 4.78 is 5.58. The molecule has 1 nitrogen and oxygen atoms in total. The zero-order valence-corrected chi connectivity index (χ0v) is 6.96. The molecule has 1 aliphatic rings. The third-order valence-electron chi connectivity index (χ3n) is 1.86. The summed E-state index contributed by atoms with van der Waals surface area (Å²) >= 11 is 1.83. The Morgan fingerprint density at radius 2 is 2.22 bits per heavy atom. The van der Waals surface area contributed by atoms with Crippen LogP contribution in [0.3, 0.4) is 0 Å². The second-order valence-corrected chi connectivity index (χ2v) is 3.92. The molecule has 0 saturated carbocycles. The highest BCUT2D eigenvalue weighted by atomic mass is 32.2. The summed E-state index contributed by atoms with van der Waals surface area (Å²) in [6, 6.07) is 0. The third-order valence-corrected chi connectivity index (χ3v) is 3.05. The zero-order chi connectivity index (χ0) is 6.74. The van der Waals surface area contributed by atoms with Crippen molar-refractivity contribution in [1.82, 2.24) is 0 Å². The van der Waals surface area contributed by atoms with Gasteiger partial charge in [-0.3, -0.25) is 0 Å². The highest BCUT2D eigenvalue weighted by Gasteiger charge is 2.25. The molecular weight excluding hydrogens is 132 g/mol. The highest BCUT2D eigenvalue weighted by molar-refractivity contribution is 7.99. The summed E-state index contributed by atoms with van der Waals surface area (Å²) in [5.41, 5.74) is 0. The van der Waals surface area contributed by atoms with Crippen LogP contribution in [0.25, 0.3) is 0 Å². The Balaban J connectivity index is 2.37. The third kappa shape index (κ3) is 1.87. The molecule has 1 unspecified atom stereocenters. The van der Waals surface area contributed by atoms with Crippen LogP contribution in [0, 0.1) is 0 Å². The number of ether oxygens (including phenoxy) is 1. The van der Waals surface area contributed by atoms with Crippen LogP contribution in [0.5, 0.6) is 0 Å². The van der Waals surface area contributed by atoms with Crippen molar-refractivity contribution in [1.29, 1.82) is 0 Å². The van der Waals surface area contributed by atoms with Crippen molar-refractivity contribution in [2.75, 3.05) is 12.9 Å². The van der Waals surface area contributed by atoms with Crippen LogP contribution in [-0.2, 0) is 4.74 Å². The van der Waals surface area contributed by atoms with Crippen molar-refractivity contribution in [3.05, 3.63) is 0 Å². The van der Waals surface area contributed by atoms with E-state index in [2.05, 4.69) is 13.2 Å². The summed E-state index contributed by atoms with van der Waals surface area (Å²) in [5.74, 6) is 0. The summed E-state index contributed by atoms with van der Waals surface area (Å²) in [5, 5.41) is 0. The van der Waals surface area contributed by atoms with Gasteiger partial charge in [-0.05, 0) is 32.4 Å².